The molecule has 0 radical (unpaired) electrons. The van der Waals surface area contributed by atoms with Crippen molar-refractivity contribution in [3.05, 3.63) is 53.9 Å². The molecular weight excluding hydrogens is 226 g/mol. The van der Waals surface area contributed by atoms with E-state index in [4.69, 9.17) is 0 Å². The van der Waals surface area contributed by atoms with Gasteiger partial charge < -0.3 is 10.6 Å². The number of urea groups is 1. The number of hydrogen-bond donors (Lipinski definition) is 2. The van der Waals surface area contributed by atoms with Gasteiger partial charge in [-0.3, -0.25) is 4.98 Å². The molecule has 0 spiro atoms. The lowest BCUT2D eigenvalue weighted by molar-refractivity contribution is 0.262. The predicted molar refractivity (Wildman–Crippen MR) is 72.8 cm³/mol. The van der Waals surface area contributed by atoms with Gasteiger partial charge in [0.1, 0.15) is 0 Å². The molecule has 1 aromatic carbocycles. The molecule has 0 aliphatic rings. The summed E-state index contributed by atoms with van der Waals surface area (Å²) in [4.78, 5) is 15.8. The average molecular weight is 241 g/mol. The van der Waals surface area contributed by atoms with E-state index in [1.165, 1.54) is 0 Å². The first-order chi connectivity index (χ1) is 8.63. The molecule has 2 aromatic rings. The van der Waals surface area contributed by atoms with E-state index in [0.29, 0.717) is 5.69 Å². The third-order valence-corrected chi connectivity index (χ3v) is 2.45. The highest BCUT2D eigenvalue weighted by Gasteiger charge is 2.02. The molecule has 1 heterocycles. The van der Waals surface area contributed by atoms with Gasteiger partial charge in [0.05, 0.1) is 11.9 Å². The monoisotopic (exact) mass is 241 g/mol. The number of carbonyl (C=O) groups is 1. The minimum atomic E-state index is -0.272. The Balaban J connectivity index is 1.98. The standard InChI is InChI=1S/C14H15N3O/c1-10-4-3-5-12(8-10)16-14(18)17-13-7-6-11(2)15-9-13/h3-9H,1-2H3,(H2,16,17,18). The summed E-state index contributed by atoms with van der Waals surface area (Å²) < 4.78 is 0. The minimum Gasteiger partial charge on any atom is -0.308 e. The smallest absolute Gasteiger partial charge is 0.308 e. The van der Waals surface area contributed by atoms with Crippen LogP contribution in [0.25, 0.3) is 0 Å². The summed E-state index contributed by atoms with van der Waals surface area (Å²) in [6, 6.07) is 11.0. The topological polar surface area (TPSA) is 54.0 Å². The summed E-state index contributed by atoms with van der Waals surface area (Å²) in [5, 5.41) is 5.49. The van der Waals surface area contributed by atoms with Crippen molar-refractivity contribution in [3.63, 3.8) is 0 Å². The van der Waals surface area contributed by atoms with Crippen LogP contribution < -0.4 is 10.6 Å². The molecule has 0 atom stereocenters. The molecule has 0 saturated carbocycles. The molecule has 4 nitrogen and oxygen atoms in total. The molecule has 0 unspecified atom stereocenters. The first kappa shape index (κ1) is 12.1. The van der Waals surface area contributed by atoms with Crippen molar-refractivity contribution in [1.82, 2.24) is 4.98 Å². The van der Waals surface area contributed by atoms with Crippen molar-refractivity contribution in [1.29, 1.82) is 0 Å². The Bertz CT molecular complexity index is 549. The number of carbonyl (C=O) groups excluding carboxylic acids is 1. The van der Waals surface area contributed by atoms with Gasteiger partial charge in [0, 0.05) is 11.4 Å². The van der Waals surface area contributed by atoms with Crippen LogP contribution >= 0.6 is 0 Å². The first-order valence-corrected chi connectivity index (χ1v) is 5.71. The fourth-order valence-corrected chi connectivity index (χ4v) is 1.56. The molecular formula is C14H15N3O. The maximum Gasteiger partial charge on any atom is 0.323 e. The normalized spacial score (nSPS) is 9.89. The summed E-state index contributed by atoms with van der Waals surface area (Å²) in [6.45, 7) is 3.88. The fourth-order valence-electron chi connectivity index (χ4n) is 1.56. The van der Waals surface area contributed by atoms with Crippen LogP contribution in [0.15, 0.2) is 42.6 Å². The number of aryl methyl sites for hydroxylation is 2. The van der Waals surface area contributed by atoms with Crippen LogP contribution in [0.1, 0.15) is 11.3 Å². The van der Waals surface area contributed by atoms with Crippen LogP contribution in [0.3, 0.4) is 0 Å². The molecule has 92 valence electrons. The summed E-state index contributed by atoms with van der Waals surface area (Å²) in [7, 11) is 0. The van der Waals surface area contributed by atoms with Crippen LogP contribution in [0, 0.1) is 13.8 Å². The van der Waals surface area contributed by atoms with Crippen LogP contribution in [-0.2, 0) is 0 Å². The van der Waals surface area contributed by atoms with E-state index in [9.17, 15) is 4.79 Å². The minimum absolute atomic E-state index is 0.272. The lowest BCUT2D eigenvalue weighted by Crippen LogP contribution is -2.19. The van der Waals surface area contributed by atoms with Gasteiger partial charge in [-0.1, -0.05) is 12.1 Å². The quantitative estimate of drug-likeness (QED) is 0.847. The summed E-state index contributed by atoms with van der Waals surface area (Å²) in [5.41, 5.74) is 3.46. The second kappa shape index (κ2) is 5.31. The maximum atomic E-state index is 11.7. The Kier molecular flexibility index (Phi) is 3.57. The van der Waals surface area contributed by atoms with E-state index >= 15 is 0 Å². The molecule has 0 bridgehead atoms. The predicted octanol–water partition coefficient (Wildman–Crippen LogP) is 3.34. The molecule has 4 heteroatoms. The molecule has 1 aromatic heterocycles. The zero-order valence-corrected chi connectivity index (χ0v) is 10.4. The highest BCUT2D eigenvalue weighted by atomic mass is 16.2. The number of pyridine rings is 1. The number of nitrogens with zero attached hydrogens (tertiary/aromatic N) is 1. The lowest BCUT2D eigenvalue weighted by atomic mass is 10.2. The fraction of sp³-hybridized carbons (Fsp3) is 0.143. The zero-order valence-electron chi connectivity index (χ0n) is 10.4. The number of aromatic nitrogens is 1. The Hall–Kier alpha value is -2.36. The van der Waals surface area contributed by atoms with E-state index in [0.717, 1.165) is 16.9 Å². The van der Waals surface area contributed by atoms with Gasteiger partial charge in [-0.25, -0.2) is 4.79 Å². The lowest BCUT2D eigenvalue weighted by Gasteiger charge is -2.08. The number of nitrogens with one attached hydrogen (secondary N) is 2. The van der Waals surface area contributed by atoms with Gasteiger partial charge in [0.2, 0.25) is 0 Å². The van der Waals surface area contributed by atoms with Gasteiger partial charge in [-0.2, -0.15) is 0 Å². The van der Waals surface area contributed by atoms with E-state index in [1.807, 2.05) is 50.2 Å². The largest absolute Gasteiger partial charge is 0.323 e. The van der Waals surface area contributed by atoms with Crippen LogP contribution in [-0.4, -0.2) is 11.0 Å². The second-order valence-electron chi connectivity index (χ2n) is 4.14. The van der Waals surface area contributed by atoms with Gasteiger partial charge >= 0.3 is 6.03 Å². The molecule has 18 heavy (non-hydrogen) atoms. The second-order valence-corrected chi connectivity index (χ2v) is 4.14. The van der Waals surface area contributed by atoms with Crippen molar-refractivity contribution >= 4 is 17.4 Å². The third kappa shape index (κ3) is 3.31. The molecule has 2 amide bonds. The van der Waals surface area contributed by atoms with Gasteiger partial charge in [-0.15, -0.1) is 0 Å². The summed E-state index contributed by atoms with van der Waals surface area (Å²) in [5.74, 6) is 0. The first-order valence-electron chi connectivity index (χ1n) is 5.71. The Morgan fingerprint density at radius 2 is 1.83 bits per heavy atom. The van der Waals surface area contributed by atoms with Crippen LogP contribution in [0.4, 0.5) is 16.2 Å². The third-order valence-electron chi connectivity index (χ3n) is 2.45. The van der Waals surface area contributed by atoms with Crippen LogP contribution in [0.2, 0.25) is 0 Å². The SMILES string of the molecule is Cc1cccc(NC(=O)Nc2ccc(C)nc2)c1. The molecule has 2 N–H and O–H groups in total. The number of rotatable bonds is 2. The van der Waals surface area contributed by atoms with Crippen molar-refractivity contribution < 1.29 is 4.79 Å². The highest BCUT2D eigenvalue weighted by molar-refractivity contribution is 5.99. The molecule has 2 rings (SSSR count). The molecule has 0 aliphatic heterocycles. The molecule has 0 saturated heterocycles. The maximum absolute atomic E-state index is 11.7. The van der Waals surface area contributed by atoms with Gasteiger partial charge in [0.15, 0.2) is 0 Å². The molecule has 0 aliphatic carbocycles. The average Bonchev–Trinajstić information content (AvgIpc) is 2.32. The van der Waals surface area contributed by atoms with Gasteiger partial charge in [0.25, 0.3) is 0 Å². The van der Waals surface area contributed by atoms with E-state index in [2.05, 4.69) is 15.6 Å². The van der Waals surface area contributed by atoms with Crippen LogP contribution in [0.5, 0.6) is 0 Å². The number of hydrogen-bond acceptors (Lipinski definition) is 2. The molecule has 0 fully saturated rings. The van der Waals surface area contributed by atoms with Crippen molar-refractivity contribution in [2.24, 2.45) is 0 Å². The van der Waals surface area contributed by atoms with Crippen molar-refractivity contribution in [2.45, 2.75) is 13.8 Å². The van der Waals surface area contributed by atoms with Crippen molar-refractivity contribution in [3.8, 4) is 0 Å². The number of amides is 2. The summed E-state index contributed by atoms with van der Waals surface area (Å²) in [6.07, 6.45) is 1.63. The van der Waals surface area contributed by atoms with E-state index in [-0.39, 0.29) is 6.03 Å². The van der Waals surface area contributed by atoms with Crippen molar-refractivity contribution in [2.75, 3.05) is 10.6 Å². The Morgan fingerprint density at radius 1 is 1.06 bits per heavy atom. The summed E-state index contributed by atoms with van der Waals surface area (Å²) >= 11 is 0. The Morgan fingerprint density at radius 3 is 2.50 bits per heavy atom. The van der Waals surface area contributed by atoms with E-state index < -0.39 is 0 Å². The Labute approximate surface area is 106 Å². The highest BCUT2D eigenvalue weighted by Crippen LogP contribution is 2.11. The number of anilines is 2. The van der Waals surface area contributed by atoms with E-state index in [1.54, 1.807) is 6.20 Å². The zero-order chi connectivity index (χ0) is 13.0. The van der Waals surface area contributed by atoms with Gasteiger partial charge in [-0.05, 0) is 43.7 Å². The number of benzene rings is 1.